The molecule has 0 aliphatic carbocycles. The summed E-state index contributed by atoms with van der Waals surface area (Å²) >= 11 is 0. The van der Waals surface area contributed by atoms with Crippen LogP contribution in [0.2, 0.25) is 0 Å². The van der Waals surface area contributed by atoms with Crippen LogP contribution in [-0.2, 0) is 28.6 Å². The third-order valence-electron chi connectivity index (χ3n) is 17.5. The zero-order chi connectivity index (χ0) is 59.2. The van der Waals surface area contributed by atoms with Crippen molar-refractivity contribution in [3.8, 4) is 0 Å². The van der Waals surface area contributed by atoms with Crippen molar-refractivity contribution >= 4 is 17.9 Å². The quantitative estimate of drug-likeness (QED) is 0.0261. The summed E-state index contributed by atoms with van der Waals surface area (Å²) in [6, 6.07) is 0. The minimum atomic E-state index is -0.770. The van der Waals surface area contributed by atoms with Crippen LogP contribution in [0.1, 0.15) is 438 Å². The number of ether oxygens (including phenoxy) is 3. The number of carbonyl (C=O) groups is 3. The molecule has 1 unspecified atom stereocenters. The van der Waals surface area contributed by atoms with Crippen LogP contribution in [0.3, 0.4) is 0 Å². The first-order valence-electron chi connectivity index (χ1n) is 37.7. The summed E-state index contributed by atoms with van der Waals surface area (Å²) in [4.78, 5) is 38.4. The van der Waals surface area contributed by atoms with Crippen molar-refractivity contribution in [3.05, 3.63) is 12.2 Å². The van der Waals surface area contributed by atoms with Crippen molar-refractivity contribution in [2.24, 2.45) is 0 Å². The van der Waals surface area contributed by atoms with Crippen LogP contribution in [0.15, 0.2) is 12.2 Å². The Balaban J connectivity index is 4.06. The van der Waals surface area contributed by atoms with Gasteiger partial charge in [-0.3, -0.25) is 14.4 Å². The largest absolute Gasteiger partial charge is 0.462 e. The Labute approximate surface area is 513 Å². The van der Waals surface area contributed by atoms with Gasteiger partial charge in [0, 0.05) is 19.3 Å². The van der Waals surface area contributed by atoms with Gasteiger partial charge in [-0.2, -0.15) is 0 Å². The van der Waals surface area contributed by atoms with Crippen LogP contribution in [-0.4, -0.2) is 37.2 Å². The molecule has 0 aliphatic heterocycles. The zero-order valence-corrected chi connectivity index (χ0v) is 56.1. The molecular formula is C76H146O6. The lowest BCUT2D eigenvalue weighted by molar-refractivity contribution is -0.167. The van der Waals surface area contributed by atoms with Crippen molar-refractivity contribution in [2.45, 2.75) is 444 Å². The lowest BCUT2D eigenvalue weighted by Gasteiger charge is -2.18. The first-order valence-corrected chi connectivity index (χ1v) is 37.7. The van der Waals surface area contributed by atoms with E-state index in [4.69, 9.17) is 14.2 Å². The number of carbonyl (C=O) groups excluding carboxylic acids is 3. The molecule has 0 aromatic carbocycles. The second-order valence-electron chi connectivity index (χ2n) is 25.9. The molecular weight excluding hydrogens is 1010 g/mol. The molecule has 0 N–H and O–H groups in total. The van der Waals surface area contributed by atoms with Gasteiger partial charge in [-0.15, -0.1) is 0 Å². The highest BCUT2D eigenvalue weighted by Gasteiger charge is 2.20. The van der Waals surface area contributed by atoms with E-state index < -0.39 is 6.10 Å². The highest BCUT2D eigenvalue weighted by Crippen LogP contribution is 2.20. The normalized spacial score (nSPS) is 12.0. The first-order chi connectivity index (χ1) is 40.5. The SMILES string of the molecule is CCCCCCC/C=C\CCCCCCCC(=O)OCC(COC(=O)CCCCCCCCCCCCCCCCCCCCCCCCCCCCCCCCCCCC)OC(=O)CCCCCCCCCCCCCCCCCC. The van der Waals surface area contributed by atoms with Gasteiger partial charge in [-0.05, 0) is 44.9 Å². The summed E-state index contributed by atoms with van der Waals surface area (Å²) in [6.45, 7) is 6.72. The molecule has 0 saturated carbocycles. The molecule has 82 heavy (non-hydrogen) atoms. The van der Waals surface area contributed by atoms with E-state index in [0.29, 0.717) is 19.3 Å². The van der Waals surface area contributed by atoms with Gasteiger partial charge in [0.1, 0.15) is 13.2 Å². The third-order valence-corrected chi connectivity index (χ3v) is 17.5. The number of rotatable bonds is 71. The van der Waals surface area contributed by atoms with Crippen LogP contribution in [0, 0.1) is 0 Å². The Bertz CT molecular complexity index is 1280. The van der Waals surface area contributed by atoms with E-state index in [2.05, 4.69) is 32.9 Å². The molecule has 0 fully saturated rings. The van der Waals surface area contributed by atoms with E-state index in [1.165, 1.54) is 334 Å². The maximum atomic E-state index is 12.9. The lowest BCUT2D eigenvalue weighted by atomic mass is 10.0. The first kappa shape index (κ1) is 80.2. The predicted molar refractivity (Wildman–Crippen MR) is 358 cm³/mol. The molecule has 0 spiro atoms. The molecule has 0 amide bonds. The fourth-order valence-electron chi connectivity index (χ4n) is 11.9. The molecule has 0 aliphatic rings. The second kappa shape index (κ2) is 71.6. The minimum Gasteiger partial charge on any atom is -0.462 e. The average Bonchev–Trinajstić information content (AvgIpc) is 3.47. The van der Waals surface area contributed by atoms with Crippen LogP contribution in [0.25, 0.3) is 0 Å². The van der Waals surface area contributed by atoms with E-state index in [-0.39, 0.29) is 31.1 Å². The summed E-state index contributed by atoms with van der Waals surface area (Å²) < 4.78 is 17.0. The molecule has 6 nitrogen and oxygen atoms in total. The number of allylic oxidation sites excluding steroid dienone is 2. The summed E-state index contributed by atoms with van der Waals surface area (Å²) in [6.07, 6.45) is 87.1. The van der Waals surface area contributed by atoms with Crippen molar-refractivity contribution in [1.82, 2.24) is 0 Å². The fourth-order valence-corrected chi connectivity index (χ4v) is 11.9. The molecule has 0 aromatic rings. The maximum absolute atomic E-state index is 12.9. The zero-order valence-electron chi connectivity index (χ0n) is 56.1. The molecule has 0 aromatic heterocycles. The van der Waals surface area contributed by atoms with Crippen molar-refractivity contribution < 1.29 is 28.6 Å². The number of unbranched alkanes of at least 4 members (excludes halogenated alkanes) is 58. The molecule has 0 rings (SSSR count). The van der Waals surface area contributed by atoms with E-state index in [9.17, 15) is 14.4 Å². The van der Waals surface area contributed by atoms with E-state index in [0.717, 1.165) is 64.2 Å². The monoisotopic (exact) mass is 1160 g/mol. The van der Waals surface area contributed by atoms with Crippen LogP contribution >= 0.6 is 0 Å². The highest BCUT2D eigenvalue weighted by molar-refractivity contribution is 5.71. The highest BCUT2D eigenvalue weighted by atomic mass is 16.6. The van der Waals surface area contributed by atoms with Gasteiger partial charge in [0.2, 0.25) is 0 Å². The van der Waals surface area contributed by atoms with Crippen molar-refractivity contribution in [1.29, 1.82) is 0 Å². The van der Waals surface area contributed by atoms with E-state index >= 15 is 0 Å². The summed E-state index contributed by atoms with van der Waals surface area (Å²) in [5, 5.41) is 0. The second-order valence-corrected chi connectivity index (χ2v) is 25.9. The Kier molecular flexibility index (Phi) is 70.0. The average molecular weight is 1160 g/mol. The maximum Gasteiger partial charge on any atom is 0.306 e. The predicted octanol–water partition coefficient (Wildman–Crippen LogP) is 26.0. The van der Waals surface area contributed by atoms with E-state index in [1.54, 1.807) is 0 Å². The smallest absolute Gasteiger partial charge is 0.306 e. The molecule has 0 bridgehead atoms. The standard InChI is InChI=1S/C76H146O6/c1-4-7-10-13-16-19-22-25-28-30-31-32-33-34-35-36-37-38-39-40-41-42-43-44-45-46-47-49-51-54-57-60-63-66-69-75(78)81-72-73(71-80-74(77)68-65-62-59-56-53-50-27-24-21-18-15-12-9-6-3)82-76(79)70-67-64-61-58-55-52-48-29-26-23-20-17-14-11-8-5-2/h24,27,73H,4-23,25-26,28-72H2,1-3H3/b27-24-. The van der Waals surface area contributed by atoms with Gasteiger partial charge in [0.15, 0.2) is 6.10 Å². The lowest BCUT2D eigenvalue weighted by Crippen LogP contribution is -2.30. The molecule has 0 saturated heterocycles. The van der Waals surface area contributed by atoms with E-state index in [1.807, 2.05) is 0 Å². The Hall–Kier alpha value is -1.85. The molecule has 0 heterocycles. The van der Waals surface area contributed by atoms with Crippen LogP contribution < -0.4 is 0 Å². The Morgan fingerprint density at radius 2 is 0.402 bits per heavy atom. The summed E-state index contributed by atoms with van der Waals surface area (Å²) in [7, 11) is 0. The van der Waals surface area contributed by atoms with Gasteiger partial charge in [-0.25, -0.2) is 0 Å². The number of hydrogen-bond donors (Lipinski definition) is 0. The summed E-state index contributed by atoms with van der Waals surface area (Å²) in [5.41, 5.74) is 0. The minimum absolute atomic E-state index is 0.0657. The third kappa shape index (κ3) is 68.9. The van der Waals surface area contributed by atoms with Crippen molar-refractivity contribution in [2.75, 3.05) is 13.2 Å². The number of esters is 3. The molecule has 0 radical (unpaired) electrons. The Morgan fingerprint density at radius 3 is 0.610 bits per heavy atom. The summed E-state index contributed by atoms with van der Waals surface area (Å²) in [5.74, 6) is -0.839. The van der Waals surface area contributed by atoms with Gasteiger partial charge < -0.3 is 14.2 Å². The topological polar surface area (TPSA) is 78.9 Å². The molecule has 6 heteroatoms. The Morgan fingerprint density at radius 1 is 0.232 bits per heavy atom. The van der Waals surface area contributed by atoms with Gasteiger partial charge in [0.05, 0.1) is 0 Å². The van der Waals surface area contributed by atoms with Crippen LogP contribution in [0.5, 0.6) is 0 Å². The fraction of sp³-hybridized carbons (Fsp3) is 0.934. The number of hydrogen-bond acceptors (Lipinski definition) is 6. The van der Waals surface area contributed by atoms with Gasteiger partial charge >= 0.3 is 17.9 Å². The van der Waals surface area contributed by atoms with Crippen LogP contribution in [0.4, 0.5) is 0 Å². The van der Waals surface area contributed by atoms with Gasteiger partial charge in [0.25, 0.3) is 0 Å². The van der Waals surface area contributed by atoms with Gasteiger partial charge in [-0.1, -0.05) is 386 Å². The molecule has 486 valence electrons. The molecule has 1 atom stereocenters. The van der Waals surface area contributed by atoms with Crippen molar-refractivity contribution in [3.63, 3.8) is 0 Å².